The van der Waals surface area contributed by atoms with Crippen LogP contribution in [0.3, 0.4) is 0 Å². The number of hydrogen-bond donors (Lipinski definition) is 0. The third-order valence-electron chi connectivity index (χ3n) is 2.44. The lowest BCUT2D eigenvalue weighted by Crippen LogP contribution is -2.11. The van der Waals surface area contributed by atoms with Gasteiger partial charge in [0.25, 0.3) is 0 Å². The summed E-state index contributed by atoms with van der Waals surface area (Å²) in [5.74, 6) is -0.113. The second-order valence-electron chi connectivity index (χ2n) is 3.87. The van der Waals surface area contributed by atoms with Crippen LogP contribution < -0.4 is 0 Å². The Hall–Kier alpha value is -0.960. The second-order valence-corrected chi connectivity index (χ2v) is 6.04. The molecule has 0 aromatic heterocycles. The van der Waals surface area contributed by atoms with E-state index in [1.807, 2.05) is 31.2 Å². The topological polar surface area (TPSA) is 52.6 Å². The van der Waals surface area contributed by atoms with Crippen molar-refractivity contribution in [1.29, 1.82) is 0 Å². The van der Waals surface area contributed by atoms with Crippen LogP contribution in [-0.2, 0) is 24.8 Å². The lowest BCUT2D eigenvalue weighted by molar-refractivity contribution is -0.120. The maximum absolute atomic E-state index is 11.6. The predicted molar refractivity (Wildman–Crippen MR) is 66.4 cm³/mol. The minimum Gasteiger partial charge on any atom is -0.312 e. The van der Waals surface area contributed by atoms with Crippen molar-refractivity contribution >= 4 is 13.4 Å². The summed E-state index contributed by atoms with van der Waals surface area (Å²) in [5.41, 5.74) is 2.02. The first-order chi connectivity index (χ1) is 7.94. The zero-order valence-electron chi connectivity index (χ0n) is 10.3. The van der Waals surface area contributed by atoms with Crippen LogP contribution in [0.1, 0.15) is 11.1 Å². The van der Waals surface area contributed by atoms with Crippen LogP contribution in [0.15, 0.2) is 24.3 Å². The standard InChI is InChI=1S/C12H17O4P/c1-10-6-4-5-7-11(10)8-12(13)9-16-17(3,14)15-2/h4-7H,8-9H2,1-3H3. The molecule has 0 saturated heterocycles. The molecule has 4 nitrogen and oxygen atoms in total. The number of aryl methyl sites for hydroxylation is 1. The number of Topliss-reactive ketones (excluding diaryl/α,β-unsaturated/α-hetero) is 1. The highest BCUT2D eigenvalue weighted by molar-refractivity contribution is 7.52. The zero-order valence-corrected chi connectivity index (χ0v) is 11.2. The monoisotopic (exact) mass is 256 g/mol. The summed E-state index contributed by atoms with van der Waals surface area (Å²) >= 11 is 0. The Morgan fingerprint density at radius 3 is 2.59 bits per heavy atom. The first kappa shape index (κ1) is 14.1. The Morgan fingerprint density at radius 2 is 2.00 bits per heavy atom. The lowest BCUT2D eigenvalue weighted by Gasteiger charge is -2.10. The van der Waals surface area contributed by atoms with E-state index in [4.69, 9.17) is 4.52 Å². The van der Waals surface area contributed by atoms with Gasteiger partial charge in [0.15, 0.2) is 5.78 Å². The van der Waals surface area contributed by atoms with E-state index in [9.17, 15) is 9.36 Å². The van der Waals surface area contributed by atoms with Crippen LogP contribution in [0, 0.1) is 6.92 Å². The van der Waals surface area contributed by atoms with Gasteiger partial charge in [0, 0.05) is 20.2 Å². The Balaban J connectivity index is 2.51. The van der Waals surface area contributed by atoms with Gasteiger partial charge in [-0.2, -0.15) is 0 Å². The van der Waals surface area contributed by atoms with Gasteiger partial charge >= 0.3 is 7.60 Å². The van der Waals surface area contributed by atoms with Crippen molar-refractivity contribution in [3.8, 4) is 0 Å². The van der Waals surface area contributed by atoms with Crippen LogP contribution >= 0.6 is 7.60 Å². The molecule has 0 bridgehead atoms. The second kappa shape index (κ2) is 6.10. The molecule has 0 amide bonds. The highest BCUT2D eigenvalue weighted by Gasteiger charge is 2.16. The third-order valence-corrected chi connectivity index (χ3v) is 3.70. The first-order valence-electron chi connectivity index (χ1n) is 5.28. The van der Waals surface area contributed by atoms with Crippen molar-refractivity contribution in [1.82, 2.24) is 0 Å². The molecule has 0 saturated carbocycles. The van der Waals surface area contributed by atoms with Gasteiger partial charge in [-0.25, -0.2) is 0 Å². The van der Waals surface area contributed by atoms with Crippen LogP contribution in [-0.4, -0.2) is 26.2 Å². The lowest BCUT2D eigenvalue weighted by atomic mass is 10.0. The number of ketones is 1. The molecule has 94 valence electrons. The van der Waals surface area contributed by atoms with E-state index in [2.05, 4.69) is 4.52 Å². The molecule has 1 rings (SSSR count). The van der Waals surface area contributed by atoms with E-state index in [-0.39, 0.29) is 18.8 Å². The van der Waals surface area contributed by atoms with Crippen LogP contribution in [0.2, 0.25) is 0 Å². The fourth-order valence-corrected chi connectivity index (χ4v) is 1.80. The van der Waals surface area contributed by atoms with Crippen molar-refractivity contribution in [3.63, 3.8) is 0 Å². The van der Waals surface area contributed by atoms with Crippen molar-refractivity contribution < 1.29 is 18.4 Å². The average molecular weight is 256 g/mol. The van der Waals surface area contributed by atoms with Crippen LogP contribution in [0.25, 0.3) is 0 Å². The van der Waals surface area contributed by atoms with Crippen LogP contribution in [0.4, 0.5) is 0 Å². The molecule has 1 aromatic carbocycles. The van der Waals surface area contributed by atoms with Crippen molar-refractivity contribution in [2.45, 2.75) is 13.3 Å². The quantitative estimate of drug-likeness (QED) is 0.734. The first-order valence-corrected chi connectivity index (χ1v) is 7.27. The summed E-state index contributed by atoms with van der Waals surface area (Å²) in [6.45, 7) is 3.10. The minimum atomic E-state index is -3.06. The molecule has 5 heteroatoms. The van der Waals surface area contributed by atoms with Gasteiger partial charge in [-0.1, -0.05) is 24.3 Å². The summed E-state index contributed by atoms with van der Waals surface area (Å²) in [6.07, 6.45) is 0.288. The molecule has 1 atom stereocenters. The van der Waals surface area contributed by atoms with E-state index in [1.165, 1.54) is 13.8 Å². The van der Waals surface area contributed by atoms with Gasteiger partial charge in [0.2, 0.25) is 0 Å². The molecular formula is C12H17O4P. The Kier molecular flexibility index (Phi) is 5.06. The molecule has 0 heterocycles. The minimum absolute atomic E-state index is 0.113. The van der Waals surface area contributed by atoms with Gasteiger partial charge < -0.3 is 9.05 Å². The predicted octanol–water partition coefficient (Wildman–Crippen LogP) is 2.59. The summed E-state index contributed by atoms with van der Waals surface area (Å²) in [4.78, 5) is 11.6. The highest BCUT2D eigenvalue weighted by atomic mass is 31.2. The third kappa shape index (κ3) is 4.82. The van der Waals surface area contributed by atoms with E-state index in [0.717, 1.165) is 11.1 Å². The van der Waals surface area contributed by atoms with Gasteiger partial charge in [0.05, 0.1) is 0 Å². The maximum atomic E-state index is 11.6. The maximum Gasteiger partial charge on any atom is 0.327 e. The average Bonchev–Trinajstić information content (AvgIpc) is 2.30. The van der Waals surface area contributed by atoms with E-state index in [1.54, 1.807) is 0 Å². The van der Waals surface area contributed by atoms with Crippen LogP contribution in [0.5, 0.6) is 0 Å². The molecule has 1 unspecified atom stereocenters. The molecule has 0 fully saturated rings. The molecule has 0 radical (unpaired) electrons. The van der Waals surface area contributed by atoms with Gasteiger partial charge in [-0.3, -0.25) is 9.36 Å². The van der Waals surface area contributed by atoms with E-state index < -0.39 is 7.60 Å². The number of hydrogen-bond acceptors (Lipinski definition) is 4. The highest BCUT2D eigenvalue weighted by Crippen LogP contribution is 2.42. The molecule has 0 N–H and O–H groups in total. The number of benzene rings is 1. The summed E-state index contributed by atoms with van der Waals surface area (Å²) < 4.78 is 21.0. The molecule has 17 heavy (non-hydrogen) atoms. The normalized spacial score (nSPS) is 14.3. The van der Waals surface area contributed by atoms with Gasteiger partial charge in [-0.15, -0.1) is 0 Å². The van der Waals surface area contributed by atoms with E-state index >= 15 is 0 Å². The molecule has 0 aliphatic rings. The van der Waals surface area contributed by atoms with Gasteiger partial charge in [-0.05, 0) is 18.1 Å². The van der Waals surface area contributed by atoms with Crippen molar-refractivity contribution in [2.75, 3.05) is 20.4 Å². The molecule has 1 aromatic rings. The zero-order chi connectivity index (χ0) is 12.9. The molecular weight excluding hydrogens is 239 g/mol. The Bertz CT molecular complexity index is 442. The number of carbonyl (C=O) groups is 1. The van der Waals surface area contributed by atoms with Gasteiger partial charge in [0.1, 0.15) is 6.61 Å². The number of carbonyl (C=O) groups excluding carboxylic acids is 1. The summed E-state index contributed by atoms with van der Waals surface area (Å²) in [7, 11) is -1.77. The summed E-state index contributed by atoms with van der Waals surface area (Å²) in [6, 6.07) is 7.65. The molecule has 0 aliphatic heterocycles. The number of rotatable bonds is 6. The Morgan fingerprint density at radius 1 is 1.35 bits per heavy atom. The van der Waals surface area contributed by atoms with E-state index in [0.29, 0.717) is 0 Å². The fourth-order valence-electron chi connectivity index (χ4n) is 1.31. The van der Waals surface area contributed by atoms with Crippen molar-refractivity contribution in [3.05, 3.63) is 35.4 Å². The summed E-state index contributed by atoms with van der Waals surface area (Å²) in [5, 5.41) is 0. The molecule has 0 aliphatic carbocycles. The molecule has 0 spiro atoms. The van der Waals surface area contributed by atoms with Crippen molar-refractivity contribution in [2.24, 2.45) is 0 Å². The Labute approximate surface area is 101 Å². The smallest absolute Gasteiger partial charge is 0.312 e. The largest absolute Gasteiger partial charge is 0.327 e. The SMILES string of the molecule is COP(C)(=O)OCC(=O)Cc1ccccc1C. The fraction of sp³-hybridized carbons (Fsp3) is 0.417.